The van der Waals surface area contributed by atoms with E-state index in [4.69, 9.17) is 9.15 Å². The third kappa shape index (κ3) is 5.51. The number of ether oxygens (including phenoxy) is 1. The van der Waals surface area contributed by atoms with Crippen molar-refractivity contribution >= 4 is 39.6 Å². The van der Waals surface area contributed by atoms with Gasteiger partial charge in [0, 0.05) is 33.9 Å². The maximum Gasteiger partial charge on any atom is 0.353 e. The third-order valence-corrected chi connectivity index (χ3v) is 10.9. The molecule has 0 saturated carbocycles. The fourth-order valence-corrected chi connectivity index (χ4v) is 8.76. The van der Waals surface area contributed by atoms with Crippen LogP contribution in [0.25, 0.3) is 11.0 Å². The fourth-order valence-electron chi connectivity index (χ4n) is 6.77. The Bertz CT molecular complexity index is 2230. The molecule has 1 aromatic heterocycles. The molecule has 0 spiro atoms. The predicted molar refractivity (Wildman–Crippen MR) is 186 cm³/mol. The Balaban J connectivity index is 1.35. The van der Waals surface area contributed by atoms with E-state index >= 15 is 4.21 Å². The highest BCUT2D eigenvalue weighted by Crippen LogP contribution is 2.56. The summed E-state index contributed by atoms with van der Waals surface area (Å²) in [5.41, 5.74) is 1.22. The number of carbonyl (C=O) groups excluding carboxylic acids is 2. The smallest absolute Gasteiger partial charge is 0.353 e. The molecule has 7 rings (SSSR count). The zero-order valence-electron chi connectivity index (χ0n) is 26.5. The molecule has 0 unspecified atom stereocenters. The molecule has 0 radical (unpaired) electrons. The summed E-state index contributed by atoms with van der Waals surface area (Å²) in [5.74, 6) is -3.30. The molecule has 250 valence electrons. The van der Waals surface area contributed by atoms with E-state index in [0.717, 1.165) is 4.90 Å². The molecule has 3 heterocycles. The lowest BCUT2D eigenvalue weighted by Gasteiger charge is -2.61. The Morgan fingerprint density at radius 2 is 1.50 bits per heavy atom. The Morgan fingerprint density at radius 3 is 2.12 bits per heavy atom. The van der Waals surface area contributed by atoms with Gasteiger partial charge in [0.2, 0.25) is 5.91 Å². The summed E-state index contributed by atoms with van der Waals surface area (Å²) in [6, 6.07) is 33.4. The molecular formula is C39H30N2O8S. The lowest BCUT2D eigenvalue weighted by Crippen LogP contribution is -2.83. The third-order valence-electron chi connectivity index (χ3n) is 8.97. The Hall–Kier alpha value is -6.07. The van der Waals surface area contributed by atoms with Gasteiger partial charge in [-0.15, -0.1) is 0 Å². The normalized spacial score (nSPS) is 20.0. The van der Waals surface area contributed by atoms with E-state index in [1.54, 1.807) is 66.7 Å². The first-order valence-corrected chi connectivity index (χ1v) is 16.9. The highest BCUT2D eigenvalue weighted by atomic mass is 32.2. The van der Waals surface area contributed by atoms with Crippen molar-refractivity contribution in [1.82, 2.24) is 10.2 Å². The van der Waals surface area contributed by atoms with Crippen molar-refractivity contribution in [2.45, 2.75) is 23.3 Å². The predicted octanol–water partition coefficient (Wildman–Crippen LogP) is 4.88. The van der Waals surface area contributed by atoms with Gasteiger partial charge in [-0.25, -0.2) is 9.59 Å². The first kappa shape index (κ1) is 32.5. The molecule has 2 aliphatic heterocycles. The van der Waals surface area contributed by atoms with Gasteiger partial charge in [-0.05, 0) is 34.9 Å². The second kappa shape index (κ2) is 13.1. The lowest BCUT2D eigenvalue weighted by atomic mass is 9.74. The summed E-state index contributed by atoms with van der Waals surface area (Å²) < 4.78 is 26.4. The zero-order chi connectivity index (χ0) is 35.0. The fraction of sp³-hybridized carbons (Fsp3) is 0.128. The largest absolute Gasteiger partial charge is 0.489 e. The maximum atomic E-state index is 15.1. The number of benzene rings is 4. The summed E-state index contributed by atoms with van der Waals surface area (Å²) in [5, 5.41) is 14.2. The SMILES string of the molecule is C=C1C(COc2ccc3ccc(=O)oc3c2)=C(C(=O)O)N2C(=O)[C@@H](NC(=O)Cc3ccccc3)[C@@]2(C(c2ccccc2)c2ccccc2)[S@]1=O. The van der Waals surface area contributed by atoms with E-state index in [-0.39, 0.29) is 28.2 Å². The Morgan fingerprint density at radius 1 is 0.900 bits per heavy atom. The van der Waals surface area contributed by atoms with Gasteiger partial charge in [-0.2, -0.15) is 0 Å². The number of hydrogen-bond donors (Lipinski definition) is 2. The molecule has 4 aromatic carbocycles. The molecule has 1 fully saturated rings. The number of nitrogens with zero attached hydrogens (tertiary/aromatic N) is 1. The Kier molecular flexibility index (Phi) is 8.50. The highest BCUT2D eigenvalue weighted by molar-refractivity contribution is 7.91. The van der Waals surface area contributed by atoms with Gasteiger partial charge in [0.25, 0.3) is 5.91 Å². The van der Waals surface area contributed by atoms with Crippen molar-refractivity contribution in [2.75, 3.05) is 6.61 Å². The second-order valence-electron chi connectivity index (χ2n) is 11.9. The van der Waals surface area contributed by atoms with E-state index in [9.17, 15) is 24.3 Å². The first-order chi connectivity index (χ1) is 24.2. The van der Waals surface area contributed by atoms with E-state index in [0.29, 0.717) is 22.1 Å². The van der Waals surface area contributed by atoms with Gasteiger partial charge in [0.15, 0.2) is 4.87 Å². The summed E-state index contributed by atoms with van der Waals surface area (Å²) in [6.07, 6.45) is -0.0534. The first-order valence-electron chi connectivity index (χ1n) is 15.7. The molecular weight excluding hydrogens is 657 g/mol. The zero-order valence-corrected chi connectivity index (χ0v) is 27.3. The van der Waals surface area contributed by atoms with Crippen molar-refractivity contribution in [3.63, 3.8) is 0 Å². The molecule has 2 amide bonds. The number of carboxylic acids is 1. The number of hydrogen-bond acceptors (Lipinski definition) is 7. The number of amides is 2. The van der Waals surface area contributed by atoms with E-state index in [1.165, 1.54) is 12.1 Å². The molecule has 2 N–H and O–H groups in total. The molecule has 11 heteroatoms. The van der Waals surface area contributed by atoms with Crippen molar-refractivity contribution in [3.05, 3.63) is 171 Å². The van der Waals surface area contributed by atoms with Crippen LogP contribution in [0.1, 0.15) is 22.6 Å². The van der Waals surface area contributed by atoms with Crippen molar-refractivity contribution in [1.29, 1.82) is 0 Å². The van der Waals surface area contributed by atoms with Crippen LogP contribution < -0.4 is 15.7 Å². The molecule has 0 bridgehead atoms. The van der Waals surface area contributed by atoms with Crippen LogP contribution in [0, 0.1) is 0 Å². The lowest BCUT2D eigenvalue weighted by molar-refractivity contribution is -0.158. The van der Waals surface area contributed by atoms with Gasteiger partial charge < -0.3 is 19.6 Å². The van der Waals surface area contributed by atoms with Crippen LogP contribution in [0.3, 0.4) is 0 Å². The summed E-state index contributed by atoms with van der Waals surface area (Å²) in [4.78, 5) is 52.0. The maximum absolute atomic E-state index is 15.1. The summed E-state index contributed by atoms with van der Waals surface area (Å²) in [7, 11) is -2.19. The topological polar surface area (TPSA) is 143 Å². The van der Waals surface area contributed by atoms with E-state index in [1.807, 2.05) is 42.5 Å². The molecule has 10 nitrogen and oxygen atoms in total. The van der Waals surface area contributed by atoms with Crippen LogP contribution in [-0.4, -0.2) is 49.5 Å². The average molecular weight is 687 g/mol. The monoisotopic (exact) mass is 686 g/mol. The number of rotatable bonds is 10. The van der Waals surface area contributed by atoms with Crippen LogP contribution in [0.15, 0.2) is 153 Å². The van der Waals surface area contributed by atoms with Gasteiger partial charge in [0.05, 0.1) is 17.2 Å². The van der Waals surface area contributed by atoms with Crippen molar-refractivity contribution in [2.24, 2.45) is 0 Å². The van der Waals surface area contributed by atoms with Crippen molar-refractivity contribution < 1.29 is 32.9 Å². The molecule has 2 aliphatic rings. The number of β-lactam (4-membered cyclic amide) rings is 1. The Labute approximate surface area is 288 Å². The van der Waals surface area contributed by atoms with Crippen LogP contribution >= 0.6 is 0 Å². The number of carboxylic acid groups (broad SMARTS) is 1. The van der Waals surface area contributed by atoms with E-state index < -0.39 is 63.3 Å². The number of fused-ring (bicyclic) bond motifs is 2. The summed E-state index contributed by atoms with van der Waals surface area (Å²) in [6.45, 7) is 3.70. The highest BCUT2D eigenvalue weighted by Gasteiger charge is 2.73. The van der Waals surface area contributed by atoms with Crippen molar-refractivity contribution in [3.8, 4) is 5.75 Å². The number of nitrogens with one attached hydrogen (secondary N) is 1. The van der Waals surface area contributed by atoms with Gasteiger partial charge in [-0.1, -0.05) is 97.6 Å². The van der Waals surface area contributed by atoms with Crippen LogP contribution in [0.5, 0.6) is 5.75 Å². The van der Waals surface area contributed by atoms with Gasteiger partial charge >= 0.3 is 11.6 Å². The summed E-state index contributed by atoms with van der Waals surface area (Å²) >= 11 is 0. The number of aliphatic carboxylic acids is 1. The number of carbonyl (C=O) groups is 3. The molecule has 0 aliphatic carbocycles. The minimum atomic E-state index is -2.19. The average Bonchev–Trinajstić information content (AvgIpc) is 3.13. The van der Waals surface area contributed by atoms with Gasteiger partial charge in [0.1, 0.15) is 29.7 Å². The standard InChI is InChI=1S/C39H30N2O8S/c1-24-30(23-48-29-19-17-26-18-20-33(43)49-31(26)22-29)35(38(45)46)41-37(44)36(40-32(42)21-25-11-5-2-6-12-25)39(41,50(24)47)34(27-13-7-3-8-14-27)28-15-9-4-10-16-28/h2-20,22,34,36H,1,21,23H2,(H,40,42)(H,45,46)/t36-,39-,50+/m1/s1. The molecule has 5 aromatic rings. The second-order valence-corrected chi connectivity index (χ2v) is 13.6. The van der Waals surface area contributed by atoms with Crippen LogP contribution in [0.4, 0.5) is 0 Å². The quantitative estimate of drug-likeness (QED) is 0.156. The van der Waals surface area contributed by atoms with Gasteiger partial charge in [-0.3, -0.25) is 18.7 Å². The molecule has 50 heavy (non-hydrogen) atoms. The molecule has 1 saturated heterocycles. The minimum Gasteiger partial charge on any atom is -0.489 e. The molecule has 3 atom stereocenters. The van der Waals surface area contributed by atoms with Crippen LogP contribution in [0.2, 0.25) is 0 Å². The van der Waals surface area contributed by atoms with E-state index in [2.05, 4.69) is 11.9 Å². The van der Waals surface area contributed by atoms with Crippen LogP contribution in [-0.2, 0) is 31.6 Å². The minimum absolute atomic E-state index is 0.0524.